The van der Waals surface area contributed by atoms with Crippen molar-refractivity contribution in [3.05, 3.63) is 34.2 Å². The van der Waals surface area contributed by atoms with E-state index >= 15 is 0 Å². The lowest BCUT2D eigenvalue weighted by Crippen LogP contribution is -2.22. The molecule has 0 saturated carbocycles. The van der Waals surface area contributed by atoms with Crippen LogP contribution in [-0.2, 0) is 10.8 Å². The van der Waals surface area contributed by atoms with Gasteiger partial charge in [0.05, 0.1) is 41.1 Å². The standard InChI is InChI=1S/C24H34O5S/c1-4-5-6-7-8-9-10-11-12-13-16-30(27)21-17-18(25)22-19(28-2)14-15-20(29-3)23(22)24(21)26/h14-15,17H,4-13,16H2,1-3H3. The highest BCUT2D eigenvalue weighted by molar-refractivity contribution is 7.90. The number of ketones is 2. The second-order valence-electron chi connectivity index (χ2n) is 7.65. The number of carbonyl (C=O) groups excluding carboxylic acids is 2. The maximum absolute atomic E-state index is 13.0. The normalized spacial score (nSPS) is 14.3. The first kappa shape index (κ1) is 24.3. The molecule has 0 saturated heterocycles. The highest BCUT2D eigenvalue weighted by Gasteiger charge is 2.34. The zero-order chi connectivity index (χ0) is 21.9. The molecule has 0 spiro atoms. The Bertz CT molecular complexity index is 797. The van der Waals surface area contributed by atoms with Crippen LogP contribution in [0.1, 0.15) is 91.8 Å². The van der Waals surface area contributed by atoms with Crippen LogP contribution in [0.25, 0.3) is 0 Å². The third-order valence-corrected chi connectivity index (χ3v) is 6.91. The van der Waals surface area contributed by atoms with E-state index in [4.69, 9.17) is 9.47 Å². The maximum Gasteiger partial charge on any atom is 0.206 e. The fraction of sp³-hybridized carbons (Fsp3) is 0.583. The Balaban J connectivity index is 1.87. The smallest absolute Gasteiger partial charge is 0.206 e. The minimum Gasteiger partial charge on any atom is -0.496 e. The quantitative estimate of drug-likeness (QED) is 0.355. The Morgan fingerprint density at radius 1 is 0.767 bits per heavy atom. The van der Waals surface area contributed by atoms with Gasteiger partial charge in [0.25, 0.3) is 0 Å². The fourth-order valence-electron chi connectivity index (χ4n) is 3.75. The average Bonchev–Trinajstić information content (AvgIpc) is 2.76. The van der Waals surface area contributed by atoms with Crippen molar-refractivity contribution in [3.63, 3.8) is 0 Å². The molecule has 6 heteroatoms. The monoisotopic (exact) mass is 434 g/mol. The SMILES string of the molecule is CCCCCCCCCCCCS(=O)C1=CC(=O)c2c(OC)ccc(OC)c2C1=O. The molecule has 1 aromatic carbocycles. The highest BCUT2D eigenvalue weighted by atomic mass is 32.2. The molecule has 2 rings (SSSR count). The van der Waals surface area contributed by atoms with E-state index < -0.39 is 16.6 Å². The van der Waals surface area contributed by atoms with Crippen LogP contribution in [0.3, 0.4) is 0 Å². The number of unbranched alkanes of at least 4 members (excludes halogenated alkanes) is 9. The van der Waals surface area contributed by atoms with Crippen LogP contribution >= 0.6 is 0 Å². The van der Waals surface area contributed by atoms with Crippen molar-refractivity contribution >= 4 is 22.4 Å². The molecular weight excluding hydrogens is 400 g/mol. The van der Waals surface area contributed by atoms with Gasteiger partial charge >= 0.3 is 0 Å². The van der Waals surface area contributed by atoms with Gasteiger partial charge < -0.3 is 9.47 Å². The highest BCUT2D eigenvalue weighted by Crippen LogP contribution is 2.36. The van der Waals surface area contributed by atoms with Crippen LogP contribution in [0, 0.1) is 0 Å². The molecular formula is C24H34O5S. The fourth-order valence-corrected chi connectivity index (χ4v) is 4.99. The number of carbonyl (C=O) groups is 2. The van der Waals surface area contributed by atoms with Crippen molar-refractivity contribution in [2.75, 3.05) is 20.0 Å². The van der Waals surface area contributed by atoms with Crippen molar-refractivity contribution in [2.45, 2.75) is 71.1 Å². The third-order valence-electron chi connectivity index (χ3n) is 5.46. The molecule has 0 aromatic heterocycles. The molecule has 0 fully saturated rings. The molecule has 0 heterocycles. The molecule has 1 aliphatic carbocycles. The van der Waals surface area contributed by atoms with Gasteiger partial charge in [0, 0.05) is 11.8 Å². The Morgan fingerprint density at radius 3 is 1.80 bits per heavy atom. The van der Waals surface area contributed by atoms with E-state index in [9.17, 15) is 13.8 Å². The van der Waals surface area contributed by atoms with Gasteiger partial charge in [-0.25, -0.2) is 0 Å². The summed E-state index contributed by atoms with van der Waals surface area (Å²) in [5, 5.41) is 0. The van der Waals surface area contributed by atoms with E-state index in [0.717, 1.165) is 19.3 Å². The van der Waals surface area contributed by atoms with Crippen molar-refractivity contribution in [1.29, 1.82) is 0 Å². The lowest BCUT2D eigenvalue weighted by atomic mass is 9.93. The van der Waals surface area contributed by atoms with Crippen LogP contribution in [0.2, 0.25) is 0 Å². The lowest BCUT2D eigenvalue weighted by Gasteiger charge is -2.19. The zero-order valence-electron chi connectivity index (χ0n) is 18.5. The second-order valence-corrected chi connectivity index (χ2v) is 9.19. The molecule has 1 aliphatic rings. The van der Waals surface area contributed by atoms with Crippen molar-refractivity contribution < 1.29 is 23.3 Å². The van der Waals surface area contributed by atoms with Gasteiger partial charge in [-0.05, 0) is 18.6 Å². The predicted molar refractivity (Wildman–Crippen MR) is 121 cm³/mol. The van der Waals surface area contributed by atoms with Crippen LogP contribution in [-0.4, -0.2) is 35.7 Å². The molecule has 166 valence electrons. The molecule has 30 heavy (non-hydrogen) atoms. The van der Waals surface area contributed by atoms with E-state index in [1.165, 1.54) is 65.2 Å². The number of allylic oxidation sites excluding steroid dienone is 2. The largest absolute Gasteiger partial charge is 0.496 e. The molecule has 0 bridgehead atoms. The molecule has 0 amide bonds. The summed E-state index contributed by atoms with van der Waals surface area (Å²) in [7, 11) is 1.39. The van der Waals surface area contributed by atoms with Gasteiger partial charge in [-0.2, -0.15) is 0 Å². The molecule has 5 nitrogen and oxygen atoms in total. The predicted octanol–water partition coefficient (Wildman–Crippen LogP) is 5.64. The molecule has 1 unspecified atom stereocenters. The number of rotatable bonds is 14. The topological polar surface area (TPSA) is 69.7 Å². The first-order chi connectivity index (χ1) is 14.5. The Morgan fingerprint density at radius 2 is 1.27 bits per heavy atom. The van der Waals surface area contributed by atoms with Crippen molar-refractivity contribution in [3.8, 4) is 11.5 Å². The van der Waals surface area contributed by atoms with Crippen LogP contribution in [0.15, 0.2) is 23.1 Å². The number of methoxy groups -OCH3 is 2. The Kier molecular flexibility index (Phi) is 10.3. The second kappa shape index (κ2) is 12.7. The number of ether oxygens (including phenoxy) is 2. The summed E-state index contributed by atoms with van der Waals surface area (Å²) >= 11 is 0. The summed E-state index contributed by atoms with van der Waals surface area (Å²) in [6.45, 7) is 2.23. The van der Waals surface area contributed by atoms with Gasteiger partial charge in [-0.3, -0.25) is 13.8 Å². The zero-order valence-corrected chi connectivity index (χ0v) is 19.3. The Hall–Kier alpha value is -1.95. The van der Waals surface area contributed by atoms with E-state index in [2.05, 4.69) is 6.92 Å². The van der Waals surface area contributed by atoms with E-state index in [1.54, 1.807) is 12.1 Å². The maximum atomic E-state index is 13.0. The van der Waals surface area contributed by atoms with Gasteiger partial charge in [0.15, 0.2) is 5.78 Å². The summed E-state index contributed by atoms with van der Waals surface area (Å²) in [4.78, 5) is 25.7. The van der Waals surface area contributed by atoms with Gasteiger partial charge in [-0.15, -0.1) is 0 Å². The molecule has 1 atom stereocenters. The number of hydrogen-bond acceptors (Lipinski definition) is 5. The number of hydrogen-bond donors (Lipinski definition) is 0. The molecule has 0 radical (unpaired) electrons. The van der Waals surface area contributed by atoms with Crippen molar-refractivity contribution in [1.82, 2.24) is 0 Å². The summed E-state index contributed by atoms with van der Waals surface area (Å²) in [6, 6.07) is 3.19. The summed E-state index contributed by atoms with van der Waals surface area (Å²) in [5.41, 5.74) is 0.331. The minimum atomic E-state index is -1.50. The Labute approximate surface area is 182 Å². The third kappa shape index (κ3) is 6.27. The van der Waals surface area contributed by atoms with Gasteiger partial charge in [0.1, 0.15) is 11.5 Å². The number of Topliss-reactive ketones (excluding diaryl/α,β-unsaturated/α-hetero) is 1. The lowest BCUT2D eigenvalue weighted by molar-refractivity contribution is 0.0985. The average molecular weight is 435 g/mol. The number of benzene rings is 1. The minimum absolute atomic E-state index is 0.0648. The van der Waals surface area contributed by atoms with E-state index in [1.807, 2.05) is 0 Å². The van der Waals surface area contributed by atoms with Crippen molar-refractivity contribution in [2.24, 2.45) is 0 Å². The van der Waals surface area contributed by atoms with Crippen LogP contribution in [0.4, 0.5) is 0 Å². The van der Waals surface area contributed by atoms with E-state index in [0.29, 0.717) is 17.3 Å². The van der Waals surface area contributed by atoms with Gasteiger partial charge in [-0.1, -0.05) is 64.7 Å². The first-order valence-corrected chi connectivity index (χ1v) is 12.3. The van der Waals surface area contributed by atoms with Gasteiger partial charge in [0.2, 0.25) is 5.78 Å². The molecule has 1 aromatic rings. The summed E-state index contributed by atoms with van der Waals surface area (Å²) in [6.07, 6.45) is 13.1. The molecule has 0 N–H and O–H groups in total. The number of fused-ring (bicyclic) bond motifs is 1. The van der Waals surface area contributed by atoms with E-state index in [-0.39, 0.29) is 21.8 Å². The summed E-state index contributed by atoms with van der Waals surface area (Å²) in [5.74, 6) is 0.228. The van der Waals surface area contributed by atoms with Crippen LogP contribution < -0.4 is 9.47 Å². The van der Waals surface area contributed by atoms with Crippen LogP contribution in [0.5, 0.6) is 11.5 Å². The summed E-state index contributed by atoms with van der Waals surface area (Å²) < 4.78 is 23.3. The molecule has 0 aliphatic heterocycles. The first-order valence-electron chi connectivity index (χ1n) is 11.0.